The van der Waals surface area contributed by atoms with Crippen LogP contribution in [0.15, 0.2) is 48.8 Å². The zero-order valence-corrected chi connectivity index (χ0v) is 13.1. The van der Waals surface area contributed by atoms with Gasteiger partial charge < -0.3 is 5.32 Å². The predicted octanol–water partition coefficient (Wildman–Crippen LogP) is 4.20. The molecule has 21 heavy (non-hydrogen) atoms. The van der Waals surface area contributed by atoms with Gasteiger partial charge in [0.25, 0.3) is 5.91 Å². The van der Waals surface area contributed by atoms with E-state index in [0.29, 0.717) is 15.8 Å². The van der Waals surface area contributed by atoms with Crippen LogP contribution in [0.25, 0.3) is 0 Å². The second-order valence-electron chi connectivity index (χ2n) is 4.74. The number of aromatic nitrogens is 1. The topological polar surface area (TPSA) is 42.0 Å². The Morgan fingerprint density at radius 1 is 1.14 bits per heavy atom. The van der Waals surface area contributed by atoms with Crippen molar-refractivity contribution in [3.63, 3.8) is 0 Å². The number of hydrogen-bond acceptors (Lipinski definition) is 4. The van der Waals surface area contributed by atoms with E-state index in [0.717, 1.165) is 0 Å². The van der Waals surface area contributed by atoms with Crippen LogP contribution in [-0.2, 0) is 0 Å². The molecule has 1 saturated heterocycles. The van der Waals surface area contributed by atoms with Crippen LogP contribution in [0.1, 0.15) is 26.9 Å². The first-order chi connectivity index (χ1) is 10.3. The fourth-order valence-corrected chi connectivity index (χ4v) is 5.01. The Balaban J connectivity index is 1.67. The van der Waals surface area contributed by atoms with Crippen LogP contribution in [0.2, 0.25) is 0 Å². The van der Waals surface area contributed by atoms with E-state index in [9.17, 15) is 4.79 Å². The number of anilines is 1. The zero-order chi connectivity index (χ0) is 14.5. The Morgan fingerprint density at radius 3 is 2.57 bits per heavy atom. The van der Waals surface area contributed by atoms with Crippen molar-refractivity contribution in [2.75, 3.05) is 16.8 Å². The van der Waals surface area contributed by atoms with E-state index in [4.69, 9.17) is 0 Å². The second-order valence-corrected chi connectivity index (χ2v) is 7.47. The first-order valence-electron chi connectivity index (χ1n) is 6.87. The molecule has 3 rings (SSSR count). The third-order valence-electron chi connectivity index (χ3n) is 3.19. The van der Waals surface area contributed by atoms with Gasteiger partial charge in [-0.05, 0) is 47.8 Å². The number of thioether (sulfide) groups is 2. The summed E-state index contributed by atoms with van der Waals surface area (Å²) < 4.78 is 0.509. The van der Waals surface area contributed by atoms with Crippen LogP contribution in [0.3, 0.4) is 0 Å². The van der Waals surface area contributed by atoms with Gasteiger partial charge in [0.2, 0.25) is 0 Å². The standard InChI is InChI=1S/C16H16N2OS2/c19-15(18-14-3-1-8-17-11-14)12-4-6-13(7-5-12)16-20-9-2-10-21-16/h1,3-8,11,16H,2,9-10H2,(H,18,19). The fourth-order valence-electron chi connectivity index (χ4n) is 2.11. The van der Waals surface area contributed by atoms with Gasteiger partial charge in [-0.2, -0.15) is 0 Å². The molecule has 0 spiro atoms. The number of nitrogens with zero attached hydrogens (tertiary/aromatic N) is 1. The molecule has 5 heteroatoms. The van der Waals surface area contributed by atoms with E-state index in [1.54, 1.807) is 18.5 Å². The molecule has 3 nitrogen and oxygen atoms in total. The van der Waals surface area contributed by atoms with E-state index in [2.05, 4.69) is 22.4 Å². The number of nitrogens with one attached hydrogen (secondary N) is 1. The Hall–Kier alpha value is -1.46. The van der Waals surface area contributed by atoms with Crippen LogP contribution in [0.4, 0.5) is 5.69 Å². The van der Waals surface area contributed by atoms with E-state index >= 15 is 0 Å². The Bertz CT molecular complexity index is 595. The Kier molecular flexibility index (Phi) is 4.83. The minimum Gasteiger partial charge on any atom is -0.321 e. The molecule has 1 aromatic carbocycles. The van der Waals surface area contributed by atoms with Crippen molar-refractivity contribution in [3.8, 4) is 0 Å². The summed E-state index contributed by atoms with van der Waals surface area (Å²) in [7, 11) is 0. The van der Waals surface area contributed by atoms with Crippen molar-refractivity contribution in [3.05, 3.63) is 59.9 Å². The lowest BCUT2D eigenvalue weighted by Gasteiger charge is -2.21. The highest BCUT2D eigenvalue weighted by Crippen LogP contribution is 2.43. The highest BCUT2D eigenvalue weighted by molar-refractivity contribution is 8.16. The second kappa shape index (κ2) is 7.00. The molecule has 2 aromatic rings. The van der Waals surface area contributed by atoms with E-state index in [1.807, 2.05) is 41.7 Å². The minimum atomic E-state index is -0.0986. The molecule has 1 aliphatic heterocycles. The quantitative estimate of drug-likeness (QED) is 0.921. The Labute approximate surface area is 132 Å². The number of amides is 1. The summed E-state index contributed by atoms with van der Waals surface area (Å²) >= 11 is 3.97. The molecule has 0 bridgehead atoms. The van der Waals surface area contributed by atoms with Crippen molar-refractivity contribution in [2.45, 2.75) is 11.0 Å². The molecule has 0 atom stereocenters. The van der Waals surface area contributed by atoms with Gasteiger partial charge in [-0.3, -0.25) is 9.78 Å². The first-order valence-corrected chi connectivity index (χ1v) is 8.97. The van der Waals surface area contributed by atoms with Crippen LogP contribution >= 0.6 is 23.5 Å². The van der Waals surface area contributed by atoms with Crippen LogP contribution < -0.4 is 5.32 Å². The molecule has 0 aliphatic carbocycles. The fraction of sp³-hybridized carbons (Fsp3) is 0.250. The lowest BCUT2D eigenvalue weighted by Crippen LogP contribution is -2.12. The van der Waals surface area contributed by atoms with Crippen molar-refractivity contribution in [1.82, 2.24) is 4.98 Å². The lowest BCUT2D eigenvalue weighted by molar-refractivity contribution is 0.102. The van der Waals surface area contributed by atoms with E-state index < -0.39 is 0 Å². The molecule has 0 saturated carbocycles. The van der Waals surface area contributed by atoms with Gasteiger partial charge in [0.05, 0.1) is 16.5 Å². The first kappa shape index (κ1) is 14.5. The van der Waals surface area contributed by atoms with Crippen LogP contribution in [-0.4, -0.2) is 22.4 Å². The molecule has 0 unspecified atom stereocenters. The van der Waals surface area contributed by atoms with E-state index in [1.165, 1.54) is 23.5 Å². The predicted molar refractivity (Wildman–Crippen MR) is 90.9 cm³/mol. The van der Waals surface area contributed by atoms with Crippen molar-refractivity contribution in [2.24, 2.45) is 0 Å². The molecule has 1 N–H and O–H groups in total. The maximum Gasteiger partial charge on any atom is 0.255 e. The number of carbonyl (C=O) groups is 1. The molecule has 108 valence electrons. The normalized spacial score (nSPS) is 15.6. The maximum absolute atomic E-state index is 12.2. The largest absolute Gasteiger partial charge is 0.321 e. The smallest absolute Gasteiger partial charge is 0.255 e. The van der Waals surface area contributed by atoms with Crippen LogP contribution in [0, 0.1) is 0 Å². The SMILES string of the molecule is O=C(Nc1cccnc1)c1ccc(C2SCCCS2)cc1. The molecule has 1 fully saturated rings. The monoisotopic (exact) mass is 316 g/mol. The van der Waals surface area contributed by atoms with Gasteiger partial charge >= 0.3 is 0 Å². The summed E-state index contributed by atoms with van der Waals surface area (Å²) in [6.45, 7) is 0. The Morgan fingerprint density at radius 2 is 1.90 bits per heavy atom. The van der Waals surface area contributed by atoms with Gasteiger partial charge in [-0.25, -0.2) is 0 Å². The van der Waals surface area contributed by atoms with E-state index in [-0.39, 0.29) is 5.91 Å². The molecular formula is C16H16N2OS2. The highest BCUT2D eigenvalue weighted by atomic mass is 32.2. The summed E-state index contributed by atoms with van der Waals surface area (Å²) in [5.74, 6) is 2.35. The molecule has 1 amide bonds. The summed E-state index contributed by atoms with van der Waals surface area (Å²) in [5, 5.41) is 2.85. The number of hydrogen-bond donors (Lipinski definition) is 1. The van der Waals surface area contributed by atoms with Crippen molar-refractivity contribution in [1.29, 1.82) is 0 Å². The van der Waals surface area contributed by atoms with Gasteiger partial charge in [-0.1, -0.05) is 12.1 Å². The number of pyridine rings is 1. The summed E-state index contributed by atoms with van der Waals surface area (Å²) in [6.07, 6.45) is 4.61. The zero-order valence-electron chi connectivity index (χ0n) is 11.5. The van der Waals surface area contributed by atoms with Gasteiger partial charge in [0, 0.05) is 11.8 Å². The molecule has 1 aromatic heterocycles. The summed E-state index contributed by atoms with van der Waals surface area (Å²) in [5.41, 5.74) is 2.68. The number of rotatable bonds is 3. The van der Waals surface area contributed by atoms with Gasteiger partial charge in [0.15, 0.2) is 0 Å². The third-order valence-corrected chi connectivity index (χ3v) is 6.21. The third kappa shape index (κ3) is 3.80. The average Bonchev–Trinajstić information content (AvgIpc) is 2.57. The maximum atomic E-state index is 12.2. The van der Waals surface area contributed by atoms with Crippen molar-refractivity contribution < 1.29 is 4.79 Å². The summed E-state index contributed by atoms with van der Waals surface area (Å²) in [4.78, 5) is 16.1. The molecule has 0 radical (unpaired) electrons. The average molecular weight is 316 g/mol. The van der Waals surface area contributed by atoms with Gasteiger partial charge in [-0.15, -0.1) is 23.5 Å². The highest BCUT2D eigenvalue weighted by Gasteiger charge is 2.16. The van der Waals surface area contributed by atoms with Gasteiger partial charge in [0.1, 0.15) is 0 Å². The summed E-state index contributed by atoms with van der Waals surface area (Å²) in [6, 6.07) is 11.6. The minimum absolute atomic E-state index is 0.0986. The lowest BCUT2D eigenvalue weighted by atomic mass is 10.1. The number of benzene rings is 1. The van der Waals surface area contributed by atoms with Crippen LogP contribution in [0.5, 0.6) is 0 Å². The number of carbonyl (C=O) groups excluding carboxylic acids is 1. The molecule has 2 heterocycles. The van der Waals surface area contributed by atoms with Crippen molar-refractivity contribution >= 4 is 35.1 Å². The molecular weight excluding hydrogens is 300 g/mol. The molecule has 1 aliphatic rings.